The van der Waals surface area contributed by atoms with E-state index in [0.717, 1.165) is 54.3 Å². The molecule has 0 bridgehead atoms. The van der Waals surface area contributed by atoms with E-state index in [1.807, 2.05) is 6.92 Å². The van der Waals surface area contributed by atoms with E-state index < -0.39 is 40.2 Å². The summed E-state index contributed by atoms with van der Waals surface area (Å²) in [4.78, 5) is 28.7. The van der Waals surface area contributed by atoms with Gasteiger partial charge < -0.3 is 15.0 Å². The minimum Gasteiger partial charge on any atom is -0.494 e. The number of nitrogens with zero attached hydrogens (tertiary/aromatic N) is 2. The first kappa shape index (κ1) is 31.9. The molecule has 1 fully saturated rings. The third kappa shape index (κ3) is 8.10. The Bertz CT molecular complexity index is 1480. The quantitative estimate of drug-likeness (QED) is 0.278. The molecule has 0 spiro atoms. The second-order valence-corrected chi connectivity index (χ2v) is 12.3. The molecule has 0 unspecified atom stereocenters. The zero-order valence-corrected chi connectivity index (χ0v) is 25.2. The summed E-state index contributed by atoms with van der Waals surface area (Å²) in [6.07, 6.45) is 4.01. The molecule has 0 aliphatic heterocycles. The van der Waals surface area contributed by atoms with Crippen LogP contribution in [-0.2, 0) is 26.2 Å². The highest BCUT2D eigenvalue weighted by Crippen LogP contribution is 2.27. The molecule has 3 aromatic carbocycles. The van der Waals surface area contributed by atoms with Crippen molar-refractivity contribution in [3.63, 3.8) is 0 Å². The molecule has 1 saturated carbocycles. The number of hydrogen-bond donors (Lipinski definition) is 1. The zero-order chi connectivity index (χ0) is 31.0. The molecular weight excluding hydrogens is 576 g/mol. The number of rotatable bonds is 13. The van der Waals surface area contributed by atoms with Crippen LogP contribution in [0.1, 0.15) is 51.5 Å². The summed E-state index contributed by atoms with van der Waals surface area (Å²) in [7, 11) is -4.35. The Morgan fingerprint density at radius 1 is 0.907 bits per heavy atom. The normalized spacial score (nSPS) is 14.2. The van der Waals surface area contributed by atoms with E-state index in [1.54, 1.807) is 19.1 Å². The lowest BCUT2D eigenvalue weighted by atomic mass is 10.1. The fourth-order valence-corrected chi connectivity index (χ4v) is 6.63. The number of carbonyl (C=O) groups is 2. The van der Waals surface area contributed by atoms with Gasteiger partial charge in [-0.15, -0.1) is 0 Å². The van der Waals surface area contributed by atoms with Gasteiger partial charge in [0.1, 0.15) is 30.0 Å². The summed E-state index contributed by atoms with van der Waals surface area (Å²) in [5.41, 5.74) is 0.766. The monoisotopic (exact) mass is 613 g/mol. The highest BCUT2D eigenvalue weighted by molar-refractivity contribution is 7.92. The van der Waals surface area contributed by atoms with E-state index in [4.69, 9.17) is 4.74 Å². The molecule has 0 radical (unpaired) electrons. The molecule has 0 saturated heterocycles. The van der Waals surface area contributed by atoms with Gasteiger partial charge in [0.25, 0.3) is 10.0 Å². The van der Waals surface area contributed by atoms with Crippen LogP contribution in [0.2, 0.25) is 0 Å². The third-order valence-electron chi connectivity index (χ3n) is 7.47. The predicted octanol–water partition coefficient (Wildman–Crippen LogP) is 5.43. The van der Waals surface area contributed by atoms with Gasteiger partial charge in [0.2, 0.25) is 11.8 Å². The molecule has 11 heteroatoms. The Balaban J connectivity index is 1.71. The van der Waals surface area contributed by atoms with Crippen LogP contribution in [0.3, 0.4) is 0 Å². The molecule has 1 atom stereocenters. The molecule has 0 heterocycles. The number of sulfonamides is 1. The Morgan fingerprint density at radius 3 is 2.05 bits per heavy atom. The molecule has 3 aromatic rings. The Morgan fingerprint density at radius 2 is 1.49 bits per heavy atom. The van der Waals surface area contributed by atoms with Crippen LogP contribution >= 0.6 is 0 Å². The first-order valence-corrected chi connectivity index (χ1v) is 15.9. The van der Waals surface area contributed by atoms with Crippen LogP contribution < -0.4 is 14.4 Å². The van der Waals surface area contributed by atoms with Crippen LogP contribution in [0.4, 0.5) is 14.5 Å². The van der Waals surface area contributed by atoms with Crippen molar-refractivity contribution < 1.29 is 31.5 Å². The molecule has 43 heavy (non-hydrogen) atoms. The van der Waals surface area contributed by atoms with Gasteiger partial charge >= 0.3 is 0 Å². The topological polar surface area (TPSA) is 96.0 Å². The zero-order valence-electron chi connectivity index (χ0n) is 24.3. The van der Waals surface area contributed by atoms with Gasteiger partial charge in [-0.05, 0) is 92.4 Å². The number of anilines is 1. The number of ether oxygens (including phenoxy) is 1. The Labute approximate surface area is 251 Å². The van der Waals surface area contributed by atoms with E-state index in [0.29, 0.717) is 17.9 Å². The van der Waals surface area contributed by atoms with Gasteiger partial charge in [-0.3, -0.25) is 13.9 Å². The van der Waals surface area contributed by atoms with Crippen molar-refractivity contribution in [1.29, 1.82) is 0 Å². The Hall–Kier alpha value is -3.99. The number of hydrogen-bond acceptors (Lipinski definition) is 5. The third-order valence-corrected chi connectivity index (χ3v) is 9.26. The van der Waals surface area contributed by atoms with Crippen molar-refractivity contribution in [3.8, 4) is 5.75 Å². The van der Waals surface area contributed by atoms with Crippen molar-refractivity contribution in [2.24, 2.45) is 0 Å². The highest BCUT2D eigenvalue weighted by Gasteiger charge is 2.34. The maximum atomic E-state index is 14.1. The number of benzene rings is 3. The number of amides is 2. The van der Waals surface area contributed by atoms with Crippen molar-refractivity contribution >= 4 is 27.5 Å². The van der Waals surface area contributed by atoms with Crippen LogP contribution in [0.5, 0.6) is 5.75 Å². The van der Waals surface area contributed by atoms with Gasteiger partial charge in [-0.1, -0.05) is 31.9 Å². The average Bonchev–Trinajstić information content (AvgIpc) is 3.50. The number of nitrogens with one attached hydrogen (secondary N) is 1. The van der Waals surface area contributed by atoms with Gasteiger partial charge in [0.15, 0.2) is 0 Å². The molecule has 1 N–H and O–H groups in total. The van der Waals surface area contributed by atoms with Crippen molar-refractivity contribution in [2.45, 2.75) is 69.5 Å². The lowest BCUT2D eigenvalue weighted by Crippen LogP contribution is -2.53. The van der Waals surface area contributed by atoms with E-state index >= 15 is 0 Å². The fourth-order valence-electron chi connectivity index (χ4n) is 5.21. The van der Waals surface area contributed by atoms with Crippen LogP contribution in [0.25, 0.3) is 0 Å². The van der Waals surface area contributed by atoms with Gasteiger partial charge in [0.05, 0.1) is 17.2 Å². The average molecular weight is 614 g/mol. The maximum Gasteiger partial charge on any atom is 0.264 e. The van der Waals surface area contributed by atoms with E-state index in [9.17, 15) is 26.8 Å². The van der Waals surface area contributed by atoms with Crippen molar-refractivity contribution in [2.75, 3.05) is 17.5 Å². The fraction of sp³-hybridized carbons (Fsp3) is 0.375. The first-order chi connectivity index (χ1) is 20.6. The summed E-state index contributed by atoms with van der Waals surface area (Å²) in [6.45, 7) is 3.34. The summed E-state index contributed by atoms with van der Waals surface area (Å²) < 4.78 is 61.6. The molecule has 8 nitrogen and oxygen atoms in total. The minimum absolute atomic E-state index is 0.0172. The second kappa shape index (κ2) is 14.5. The van der Waals surface area contributed by atoms with E-state index in [2.05, 4.69) is 5.32 Å². The smallest absolute Gasteiger partial charge is 0.264 e. The van der Waals surface area contributed by atoms with Gasteiger partial charge in [-0.25, -0.2) is 17.2 Å². The molecule has 4 rings (SSSR count). The SMILES string of the molecule is CCOc1ccc(N(CC(=O)N(Cc2ccc(F)cc2)[C@@H](CC)C(=O)NC2CCCC2)S(=O)(=O)c2ccc(F)cc2)cc1. The Kier molecular flexibility index (Phi) is 10.7. The summed E-state index contributed by atoms with van der Waals surface area (Å²) >= 11 is 0. The lowest BCUT2D eigenvalue weighted by molar-refractivity contribution is -0.140. The molecule has 1 aliphatic rings. The minimum atomic E-state index is -4.35. The van der Waals surface area contributed by atoms with Crippen LogP contribution in [0, 0.1) is 11.6 Å². The van der Waals surface area contributed by atoms with Crippen LogP contribution in [-0.4, -0.2) is 50.4 Å². The van der Waals surface area contributed by atoms with Gasteiger partial charge in [-0.2, -0.15) is 0 Å². The molecule has 2 amide bonds. The van der Waals surface area contributed by atoms with E-state index in [1.165, 1.54) is 41.3 Å². The largest absolute Gasteiger partial charge is 0.494 e. The van der Waals surface area contributed by atoms with Crippen molar-refractivity contribution in [1.82, 2.24) is 10.2 Å². The molecule has 0 aromatic heterocycles. The first-order valence-electron chi connectivity index (χ1n) is 14.5. The molecule has 230 valence electrons. The summed E-state index contributed by atoms with van der Waals surface area (Å²) in [5, 5.41) is 3.05. The molecular formula is C32H37F2N3O5S. The number of halogens is 2. The second-order valence-electron chi connectivity index (χ2n) is 10.5. The standard InChI is InChI=1S/C32H37F2N3O5S/c1-3-30(32(39)35-26-7-5-6-8-26)36(21-23-9-11-24(33)12-10-23)31(38)22-37(27-15-17-28(18-16-27)42-4-2)43(40,41)29-19-13-25(34)14-20-29/h9-20,26,30H,3-8,21-22H2,1-2H3,(H,35,39)/t30-/m0/s1. The lowest BCUT2D eigenvalue weighted by Gasteiger charge is -2.33. The molecule has 1 aliphatic carbocycles. The predicted molar refractivity (Wildman–Crippen MR) is 160 cm³/mol. The summed E-state index contributed by atoms with van der Waals surface area (Å²) in [6, 6.07) is 15.3. The number of carbonyl (C=O) groups excluding carboxylic acids is 2. The summed E-state index contributed by atoms with van der Waals surface area (Å²) in [5.74, 6) is -1.48. The highest BCUT2D eigenvalue weighted by atomic mass is 32.2. The van der Waals surface area contributed by atoms with Crippen LogP contribution in [0.15, 0.2) is 77.7 Å². The van der Waals surface area contributed by atoms with E-state index in [-0.39, 0.29) is 35.5 Å². The van der Waals surface area contributed by atoms with Gasteiger partial charge in [0, 0.05) is 12.6 Å². The maximum absolute atomic E-state index is 14.1. The van der Waals surface area contributed by atoms with Crippen molar-refractivity contribution in [3.05, 3.63) is 90.0 Å².